The number of benzene rings is 2. The van der Waals surface area contributed by atoms with Crippen molar-refractivity contribution < 1.29 is 19.0 Å². The van der Waals surface area contributed by atoms with Crippen LogP contribution in [0.4, 0.5) is 0 Å². The quantitative estimate of drug-likeness (QED) is 0.693. The molecule has 1 fully saturated rings. The van der Waals surface area contributed by atoms with Gasteiger partial charge in [-0.3, -0.25) is 4.79 Å². The van der Waals surface area contributed by atoms with Gasteiger partial charge >= 0.3 is 0 Å². The SMILES string of the molecule is COc1cc(-c2cccc(Cl)c2)cc2c1OCCN(C(=O)[C@@H]1CCOC(C)(C)C1)C2. The molecule has 5 nitrogen and oxygen atoms in total. The summed E-state index contributed by atoms with van der Waals surface area (Å²) < 4.78 is 17.4. The second kappa shape index (κ2) is 8.48. The van der Waals surface area contributed by atoms with Gasteiger partial charge in [-0.15, -0.1) is 0 Å². The van der Waals surface area contributed by atoms with E-state index in [1.165, 1.54) is 0 Å². The Kier molecular flexibility index (Phi) is 5.94. The Hall–Kier alpha value is -2.24. The minimum Gasteiger partial charge on any atom is -0.493 e. The molecule has 1 atom stereocenters. The first-order chi connectivity index (χ1) is 14.4. The second-order valence-corrected chi connectivity index (χ2v) is 9.02. The van der Waals surface area contributed by atoms with Crippen molar-refractivity contribution in [2.75, 3.05) is 26.9 Å². The first-order valence-electron chi connectivity index (χ1n) is 10.4. The van der Waals surface area contributed by atoms with Crippen LogP contribution in [0.3, 0.4) is 0 Å². The number of hydrogen-bond donors (Lipinski definition) is 0. The standard InChI is InChI=1S/C24H28ClNO4/c1-24(2)14-17(7-9-30-24)23(27)26-8-10-29-22-19(15-26)11-18(13-21(22)28-3)16-5-4-6-20(25)12-16/h4-6,11-13,17H,7-10,14-15H2,1-3H3/t17-/m1/s1. The lowest BCUT2D eigenvalue weighted by Crippen LogP contribution is -2.43. The van der Waals surface area contributed by atoms with Gasteiger partial charge in [-0.2, -0.15) is 0 Å². The highest BCUT2D eigenvalue weighted by Gasteiger charge is 2.36. The minimum absolute atomic E-state index is 0.0201. The maximum absolute atomic E-state index is 13.3. The summed E-state index contributed by atoms with van der Waals surface area (Å²) in [6.45, 7) is 6.22. The third-order valence-electron chi connectivity index (χ3n) is 5.84. The Morgan fingerprint density at radius 1 is 1.20 bits per heavy atom. The van der Waals surface area contributed by atoms with Crippen LogP contribution >= 0.6 is 11.6 Å². The molecule has 0 N–H and O–H groups in total. The van der Waals surface area contributed by atoms with Crippen LogP contribution in [0.2, 0.25) is 5.02 Å². The third-order valence-corrected chi connectivity index (χ3v) is 6.07. The molecule has 6 heteroatoms. The Balaban J connectivity index is 1.64. The van der Waals surface area contributed by atoms with Gasteiger partial charge in [0.05, 0.1) is 19.3 Å². The average Bonchev–Trinajstić information content (AvgIpc) is 2.94. The molecule has 0 unspecified atom stereocenters. The molecule has 0 aromatic heterocycles. The zero-order valence-corrected chi connectivity index (χ0v) is 18.5. The zero-order chi connectivity index (χ0) is 21.3. The normalized spacial score (nSPS) is 20.7. The van der Waals surface area contributed by atoms with Gasteiger partial charge in [-0.05, 0) is 62.1 Å². The molecular weight excluding hydrogens is 402 g/mol. The van der Waals surface area contributed by atoms with Crippen LogP contribution < -0.4 is 9.47 Å². The van der Waals surface area contributed by atoms with Crippen LogP contribution in [0.5, 0.6) is 11.5 Å². The molecule has 2 heterocycles. The molecule has 30 heavy (non-hydrogen) atoms. The molecule has 1 amide bonds. The van der Waals surface area contributed by atoms with Crippen molar-refractivity contribution >= 4 is 17.5 Å². The lowest BCUT2D eigenvalue weighted by Gasteiger charge is -2.36. The minimum atomic E-state index is -0.262. The highest BCUT2D eigenvalue weighted by Crippen LogP contribution is 2.39. The first-order valence-corrected chi connectivity index (χ1v) is 10.8. The van der Waals surface area contributed by atoms with Crippen LogP contribution in [0.25, 0.3) is 11.1 Å². The smallest absolute Gasteiger partial charge is 0.226 e. The largest absolute Gasteiger partial charge is 0.493 e. The van der Waals surface area contributed by atoms with Crippen molar-refractivity contribution in [3.05, 3.63) is 47.0 Å². The second-order valence-electron chi connectivity index (χ2n) is 8.58. The molecule has 2 aromatic carbocycles. The van der Waals surface area contributed by atoms with E-state index in [2.05, 4.69) is 19.9 Å². The number of amides is 1. The van der Waals surface area contributed by atoms with Crippen LogP contribution in [0.1, 0.15) is 32.3 Å². The molecule has 0 saturated carbocycles. The maximum Gasteiger partial charge on any atom is 0.226 e. The molecule has 2 aliphatic rings. The Bertz CT molecular complexity index is 943. The summed E-state index contributed by atoms with van der Waals surface area (Å²) in [7, 11) is 1.64. The monoisotopic (exact) mass is 429 g/mol. The fourth-order valence-corrected chi connectivity index (χ4v) is 4.55. The maximum atomic E-state index is 13.3. The van der Waals surface area contributed by atoms with Crippen LogP contribution in [-0.4, -0.2) is 43.3 Å². The predicted molar refractivity (Wildman–Crippen MR) is 117 cm³/mol. The average molecular weight is 430 g/mol. The molecule has 1 saturated heterocycles. The van der Waals surface area contributed by atoms with Crippen molar-refractivity contribution in [2.24, 2.45) is 5.92 Å². The number of carbonyl (C=O) groups excluding carboxylic acids is 1. The van der Waals surface area contributed by atoms with Gasteiger partial charge in [0.15, 0.2) is 11.5 Å². The van der Waals surface area contributed by atoms with E-state index in [1.807, 2.05) is 35.2 Å². The third kappa shape index (κ3) is 4.42. The van der Waals surface area contributed by atoms with Crippen molar-refractivity contribution in [3.8, 4) is 22.6 Å². The first kappa shape index (κ1) is 21.0. The number of ether oxygens (including phenoxy) is 3. The topological polar surface area (TPSA) is 48.0 Å². The molecule has 2 aromatic rings. The van der Waals surface area contributed by atoms with Gasteiger partial charge in [0.1, 0.15) is 6.61 Å². The highest BCUT2D eigenvalue weighted by molar-refractivity contribution is 6.30. The summed E-state index contributed by atoms with van der Waals surface area (Å²) in [5.41, 5.74) is 2.67. The number of methoxy groups -OCH3 is 1. The summed E-state index contributed by atoms with van der Waals surface area (Å²) in [4.78, 5) is 15.2. The number of halogens is 1. The number of rotatable bonds is 3. The summed E-state index contributed by atoms with van der Waals surface area (Å²) in [5.74, 6) is 1.54. The molecule has 4 rings (SSSR count). The van der Waals surface area contributed by atoms with Gasteiger partial charge in [0.25, 0.3) is 0 Å². The van der Waals surface area contributed by atoms with Crippen LogP contribution in [0.15, 0.2) is 36.4 Å². The summed E-state index contributed by atoms with van der Waals surface area (Å²) >= 11 is 6.19. The van der Waals surface area contributed by atoms with E-state index in [0.717, 1.165) is 29.5 Å². The lowest BCUT2D eigenvalue weighted by atomic mass is 9.87. The fourth-order valence-electron chi connectivity index (χ4n) is 4.36. The van der Waals surface area contributed by atoms with Gasteiger partial charge < -0.3 is 19.1 Å². The van der Waals surface area contributed by atoms with E-state index in [-0.39, 0.29) is 17.4 Å². The van der Waals surface area contributed by atoms with Gasteiger partial charge in [-0.1, -0.05) is 23.7 Å². The van der Waals surface area contributed by atoms with Crippen molar-refractivity contribution in [2.45, 2.75) is 38.8 Å². The van der Waals surface area contributed by atoms with E-state index < -0.39 is 0 Å². The van der Waals surface area contributed by atoms with E-state index in [1.54, 1.807) is 7.11 Å². The Morgan fingerprint density at radius 2 is 2.03 bits per heavy atom. The van der Waals surface area contributed by atoms with Crippen LogP contribution in [0, 0.1) is 5.92 Å². The fraction of sp³-hybridized carbons (Fsp3) is 0.458. The van der Waals surface area contributed by atoms with Crippen LogP contribution in [-0.2, 0) is 16.1 Å². The van der Waals surface area contributed by atoms with Crippen molar-refractivity contribution in [1.82, 2.24) is 4.90 Å². The van der Waals surface area contributed by atoms with E-state index in [4.69, 9.17) is 25.8 Å². The van der Waals surface area contributed by atoms with Gasteiger partial charge in [0, 0.05) is 29.7 Å². The van der Waals surface area contributed by atoms with Gasteiger partial charge in [-0.25, -0.2) is 0 Å². The zero-order valence-electron chi connectivity index (χ0n) is 17.7. The van der Waals surface area contributed by atoms with Crippen molar-refractivity contribution in [1.29, 1.82) is 0 Å². The molecule has 0 aliphatic carbocycles. The summed E-state index contributed by atoms with van der Waals surface area (Å²) in [5, 5.41) is 0.677. The molecule has 0 bridgehead atoms. The van der Waals surface area contributed by atoms with Crippen molar-refractivity contribution in [3.63, 3.8) is 0 Å². The van der Waals surface area contributed by atoms with E-state index in [0.29, 0.717) is 42.8 Å². The van der Waals surface area contributed by atoms with E-state index >= 15 is 0 Å². The number of nitrogens with zero attached hydrogens (tertiary/aromatic N) is 1. The number of carbonyl (C=O) groups is 1. The molecule has 160 valence electrons. The number of fused-ring (bicyclic) bond motifs is 1. The molecule has 2 aliphatic heterocycles. The Morgan fingerprint density at radius 3 is 2.77 bits per heavy atom. The molecular formula is C24H28ClNO4. The summed E-state index contributed by atoms with van der Waals surface area (Å²) in [6.07, 6.45) is 1.50. The molecule has 0 spiro atoms. The predicted octanol–water partition coefficient (Wildman–Crippen LogP) is 4.94. The van der Waals surface area contributed by atoms with E-state index in [9.17, 15) is 4.79 Å². The lowest BCUT2D eigenvalue weighted by molar-refractivity contribution is -0.146. The van der Waals surface area contributed by atoms with Gasteiger partial charge in [0.2, 0.25) is 5.91 Å². The Labute approximate surface area is 182 Å². The molecule has 0 radical (unpaired) electrons. The highest BCUT2D eigenvalue weighted by atomic mass is 35.5. The number of hydrogen-bond acceptors (Lipinski definition) is 4. The summed E-state index contributed by atoms with van der Waals surface area (Å²) in [6, 6.07) is 11.7.